The first-order chi connectivity index (χ1) is 42.9. The van der Waals surface area contributed by atoms with Crippen molar-refractivity contribution < 1.29 is 0 Å². The first-order valence-electron chi connectivity index (χ1n) is 36.5. The average molecular weight is 1230 g/mol. The molecule has 0 aliphatic carbocycles. The van der Waals surface area contributed by atoms with Crippen molar-refractivity contribution in [3.8, 4) is 22.3 Å². The standard InChI is InChI=1S/C25H44.2C19H32.2C14H14/c1-11-23(8,12-2)20-17-21(24(9,13-3)14-4)19(7)22(18-20)25(10,15-5)16-6;1-8-18(6,9-2)16-12-15(5)13-17(14-16)19(7,10-3)11-4;1-8-18(6,9-2)16-13-12-15(5)17(14-16)19(7,10-3)11-4;1-11-7-6-10-14(12(11)2)13-8-4-3-5-9-13;1-11-8-9-14(12(2)10-11)13-6-4-3-5-7-13/h17-18H,11-16H2,1-10H3;2*12-14H,8-11H2,1-7H3;2*3-10H,1-2H3. The van der Waals surface area contributed by atoms with Crippen LogP contribution in [0.15, 0.2) is 146 Å². The zero-order valence-electron chi connectivity index (χ0n) is 64.3. The maximum absolute atomic E-state index is 2.57. The molecule has 0 N–H and O–H groups in total. The summed E-state index contributed by atoms with van der Waals surface area (Å²) in [5.41, 5.74) is 28.1. The van der Waals surface area contributed by atoms with E-state index in [0.29, 0.717) is 21.7 Å². The lowest BCUT2D eigenvalue weighted by Crippen LogP contribution is -2.29. The first kappa shape index (κ1) is 79.8. The van der Waals surface area contributed by atoms with Crippen molar-refractivity contribution in [1.29, 1.82) is 0 Å². The van der Waals surface area contributed by atoms with Gasteiger partial charge in [-0.2, -0.15) is 0 Å². The van der Waals surface area contributed by atoms with Gasteiger partial charge in [-0.25, -0.2) is 0 Å². The van der Waals surface area contributed by atoms with Gasteiger partial charge in [0, 0.05) is 0 Å². The van der Waals surface area contributed by atoms with Crippen molar-refractivity contribution in [1.82, 2.24) is 0 Å². The lowest BCUT2D eigenvalue weighted by Gasteiger charge is -2.38. The molecule has 0 aromatic heterocycles. The highest BCUT2D eigenvalue weighted by molar-refractivity contribution is 5.69. The number of aryl methyl sites for hydroxylation is 5. The van der Waals surface area contributed by atoms with Crippen LogP contribution < -0.4 is 0 Å². The molecule has 91 heavy (non-hydrogen) atoms. The maximum Gasteiger partial charge on any atom is -0.00777 e. The summed E-state index contributed by atoms with van der Waals surface area (Å²) in [6.45, 7) is 65.1. The van der Waals surface area contributed by atoms with Crippen LogP contribution in [0.5, 0.6) is 0 Å². The number of hydrogen-bond donors (Lipinski definition) is 0. The summed E-state index contributed by atoms with van der Waals surface area (Å²) in [5, 5.41) is 0. The number of benzene rings is 7. The van der Waals surface area contributed by atoms with Crippen LogP contribution in [0.3, 0.4) is 0 Å². The fourth-order valence-electron chi connectivity index (χ4n) is 13.4. The molecule has 0 aliphatic heterocycles. The van der Waals surface area contributed by atoms with Crippen molar-refractivity contribution in [3.05, 3.63) is 223 Å². The Balaban J connectivity index is 0.000000301. The molecule has 0 amide bonds. The Kier molecular flexibility index (Phi) is 31.3. The highest BCUT2D eigenvalue weighted by Gasteiger charge is 2.35. The van der Waals surface area contributed by atoms with Gasteiger partial charge in [0.05, 0.1) is 0 Å². The molecule has 7 aromatic rings. The zero-order valence-corrected chi connectivity index (χ0v) is 64.3. The summed E-state index contributed by atoms with van der Waals surface area (Å²) in [6.07, 6.45) is 16.9. The van der Waals surface area contributed by atoms with E-state index in [1.807, 2.05) is 6.07 Å². The lowest BCUT2D eigenvalue weighted by molar-refractivity contribution is 0.406. The van der Waals surface area contributed by atoms with Gasteiger partial charge >= 0.3 is 0 Å². The summed E-state index contributed by atoms with van der Waals surface area (Å²) in [5.74, 6) is 0. The molecule has 0 unspecified atom stereocenters. The van der Waals surface area contributed by atoms with Crippen LogP contribution in [-0.2, 0) is 37.9 Å². The highest BCUT2D eigenvalue weighted by Crippen LogP contribution is 2.45. The summed E-state index contributed by atoms with van der Waals surface area (Å²) in [7, 11) is 0. The smallest absolute Gasteiger partial charge is 0.00777 e. The molecule has 7 aromatic carbocycles. The second-order valence-electron chi connectivity index (χ2n) is 29.5. The molecule has 0 fully saturated rings. The fraction of sp³-hybridized carbons (Fsp3) is 0.538. The number of hydrogen-bond acceptors (Lipinski definition) is 0. The third-order valence-corrected chi connectivity index (χ3v) is 24.5. The van der Waals surface area contributed by atoms with Crippen LogP contribution in [-0.4, -0.2) is 0 Å². The van der Waals surface area contributed by atoms with Crippen molar-refractivity contribution >= 4 is 0 Å². The van der Waals surface area contributed by atoms with Gasteiger partial charge in [-0.3, -0.25) is 0 Å². The Labute approximate surface area is 564 Å². The molecule has 0 saturated heterocycles. The van der Waals surface area contributed by atoms with Crippen LogP contribution in [0, 0.1) is 48.5 Å². The molecule has 0 heterocycles. The van der Waals surface area contributed by atoms with Crippen molar-refractivity contribution in [3.63, 3.8) is 0 Å². The minimum Gasteiger partial charge on any atom is -0.0645 e. The van der Waals surface area contributed by atoms with Crippen LogP contribution in [0.1, 0.15) is 313 Å². The summed E-state index contributed by atoms with van der Waals surface area (Å²) in [4.78, 5) is 0. The SMILES string of the molecule is CCC(C)(CC)c1cc(C(C)(CC)CC)c(C)c(C(C)(CC)CC)c1.CCC(C)(CC)c1cc(C)cc(C(C)(CC)CC)c1.CCC(C)(CC)c1ccc(C)c(C(C)(CC)CC)c1.Cc1ccc(-c2ccccc2)c(C)c1.Cc1cccc(-c2ccccc2)c1C. The van der Waals surface area contributed by atoms with E-state index in [4.69, 9.17) is 0 Å². The van der Waals surface area contributed by atoms with Gasteiger partial charge in [-0.1, -0.05) is 302 Å². The molecule has 0 heteroatoms. The van der Waals surface area contributed by atoms with E-state index >= 15 is 0 Å². The van der Waals surface area contributed by atoms with Gasteiger partial charge in [0.15, 0.2) is 0 Å². The predicted molar refractivity (Wildman–Crippen MR) is 412 cm³/mol. The zero-order chi connectivity index (χ0) is 68.8. The largest absolute Gasteiger partial charge is 0.0645 e. The monoisotopic (exact) mass is 1230 g/mol. The van der Waals surface area contributed by atoms with E-state index in [1.165, 1.54) is 162 Å². The van der Waals surface area contributed by atoms with E-state index < -0.39 is 0 Å². The van der Waals surface area contributed by atoms with E-state index in [1.54, 1.807) is 27.8 Å². The molecule has 0 atom stereocenters. The first-order valence-corrected chi connectivity index (χ1v) is 36.5. The van der Waals surface area contributed by atoms with Gasteiger partial charge in [-0.05, 0) is 265 Å². The molecule has 7 rings (SSSR count). The Morgan fingerprint density at radius 1 is 0.220 bits per heavy atom. The second kappa shape index (κ2) is 35.7. The van der Waals surface area contributed by atoms with Gasteiger partial charge in [0.25, 0.3) is 0 Å². The molecule has 0 spiro atoms. The third kappa shape index (κ3) is 19.8. The van der Waals surface area contributed by atoms with Gasteiger partial charge in [0.1, 0.15) is 0 Å². The van der Waals surface area contributed by atoms with Crippen LogP contribution in [0.25, 0.3) is 22.3 Å². The van der Waals surface area contributed by atoms with Crippen LogP contribution in [0.2, 0.25) is 0 Å². The molecule has 0 nitrogen and oxygen atoms in total. The van der Waals surface area contributed by atoms with Gasteiger partial charge < -0.3 is 0 Å². The predicted octanol–water partition coefficient (Wildman–Crippen LogP) is 28.5. The second-order valence-corrected chi connectivity index (χ2v) is 29.5. The summed E-state index contributed by atoms with van der Waals surface area (Å²) >= 11 is 0. The highest BCUT2D eigenvalue weighted by atomic mass is 14.4. The van der Waals surface area contributed by atoms with E-state index in [9.17, 15) is 0 Å². The van der Waals surface area contributed by atoms with Crippen molar-refractivity contribution in [2.45, 2.75) is 322 Å². The van der Waals surface area contributed by atoms with Crippen molar-refractivity contribution in [2.24, 2.45) is 0 Å². The molecule has 500 valence electrons. The van der Waals surface area contributed by atoms with E-state index in [-0.39, 0.29) is 16.2 Å². The summed E-state index contributed by atoms with van der Waals surface area (Å²) < 4.78 is 0. The Hall–Kier alpha value is -5.46. The topological polar surface area (TPSA) is 0 Å². The lowest BCUT2D eigenvalue weighted by atomic mass is 9.66. The third-order valence-electron chi connectivity index (χ3n) is 24.5. The summed E-state index contributed by atoms with van der Waals surface area (Å²) in [6, 6.07) is 53.6. The van der Waals surface area contributed by atoms with Crippen LogP contribution in [0.4, 0.5) is 0 Å². The minimum absolute atomic E-state index is 0.277. The van der Waals surface area contributed by atoms with Crippen molar-refractivity contribution in [2.75, 3.05) is 0 Å². The molecular weight excluding hydrogens is 1090 g/mol. The molecule has 0 bridgehead atoms. The minimum atomic E-state index is 0.277. The van der Waals surface area contributed by atoms with Gasteiger partial charge in [-0.15, -0.1) is 0 Å². The maximum atomic E-state index is 2.57. The molecule has 0 aliphatic rings. The average Bonchev–Trinajstić information content (AvgIpc) is 0.799. The quantitative estimate of drug-likeness (QED) is 0.0599. The van der Waals surface area contributed by atoms with Gasteiger partial charge in [0.2, 0.25) is 0 Å². The molecule has 0 radical (unpaired) electrons. The molecular formula is C91H136. The normalized spacial score (nSPS) is 12.1. The Morgan fingerprint density at radius 2 is 0.560 bits per heavy atom. The Bertz CT molecular complexity index is 3160. The van der Waals surface area contributed by atoms with Crippen LogP contribution >= 0.6 is 0 Å². The fourth-order valence-corrected chi connectivity index (χ4v) is 13.4. The van der Waals surface area contributed by atoms with E-state index in [2.05, 4.69) is 333 Å². The Morgan fingerprint density at radius 3 is 0.934 bits per heavy atom. The van der Waals surface area contributed by atoms with E-state index in [0.717, 1.165) is 0 Å². The molecule has 0 saturated carbocycles. The number of rotatable bonds is 23.